The zero-order chi connectivity index (χ0) is 8.84. The van der Waals surface area contributed by atoms with Crippen LogP contribution >= 0.6 is 11.3 Å². The summed E-state index contributed by atoms with van der Waals surface area (Å²) in [5.41, 5.74) is 8.04. The summed E-state index contributed by atoms with van der Waals surface area (Å²) < 4.78 is 6.19. The molecule has 0 aliphatic heterocycles. The van der Waals surface area contributed by atoms with Crippen molar-refractivity contribution in [2.24, 2.45) is 0 Å². The Bertz CT molecular complexity index is 535. The number of thiazole rings is 1. The highest BCUT2D eigenvalue weighted by molar-refractivity contribution is 7.22. The highest BCUT2D eigenvalue weighted by Gasteiger charge is 2.05. The fourth-order valence-corrected chi connectivity index (χ4v) is 2.05. The van der Waals surface area contributed by atoms with Crippen molar-refractivity contribution in [3.8, 4) is 0 Å². The van der Waals surface area contributed by atoms with Crippen LogP contribution in [-0.2, 0) is 0 Å². The van der Waals surface area contributed by atoms with Gasteiger partial charge in [0.05, 0.1) is 10.2 Å². The van der Waals surface area contributed by atoms with Gasteiger partial charge in [0.15, 0.2) is 17.1 Å². The number of nitrogens with two attached hydrogens (primary N) is 1. The van der Waals surface area contributed by atoms with E-state index < -0.39 is 0 Å². The van der Waals surface area contributed by atoms with E-state index in [0.717, 1.165) is 21.3 Å². The number of nitrogens with zero attached hydrogens (tertiary/aromatic N) is 2. The molecule has 0 spiro atoms. The number of rotatable bonds is 0. The van der Waals surface area contributed by atoms with Gasteiger partial charge >= 0.3 is 0 Å². The molecule has 0 atom stereocenters. The molecule has 13 heavy (non-hydrogen) atoms. The average molecular weight is 191 g/mol. The van der Waals surface area contributed by atoms with Crippen LogP contribution < -0.4 is 5.73 Å². The van der Waals surface area contributed by atoms with E-state index in [0.29, 0.717) is 5.13 Å². The Labute approximate surface area is 77.0 Å². The van der Waals surface area contributed by atoms with Gasteiger partial charge in [0.2, 0.25) is 0 Å². The zero-order valence-electron chi connectivity index (χ0n) is 6.52. The molecule has 2 aromatic heterocycles. The molecule has 0 unspecified atom stereocenters. The number of nitrogen functional groups attached to an aromatic ring is 1. The lowest BCUT2D eigenvalue weighted by Gasteiger charge is -1.85. The molecule has 0 saturated heterocycles. The number of benzene rings is 1. The SMILES string of the molecule is Nc1nc2cc3ocnc3cc2s1. The molecule has 0 fully saturated rings. The van der Waals surface area contributed by atoms with Crippen molar-refractivity contribution in [3.05, 3.63) is 18.5 Å². The van der Waals surface area contributed by atoms with Crippen LogP contribution in [0.1, 0.15) is 0 Å². The second kappa shape index (κ2) is 2.20. The van der Waals surface area contributed by atoms with Crippen molar-refractivity contribution >= 4 is 37.8 Å². The summed E-state index contributed by atoms with van der Waals surface area (Å²) in [5, 5.41) is 0.572. The fraction of sp³-hybridized carbons (Fsp3) is 0. The average Bonchev–Trinajstić information content (AvgIpc) is 2.63. The van der Waals surface area contributed by atoms with E-state index in [1.165, 1.54) is 17.7 Å². The molecule has 3 rings (SSSR count). The van der Waals surface area contributed by atoms with Gasteiger partial charge in [-0.05, 0) is 6.07 Å². The normalized spacial score (nSPS) is 11.4. The quantitative estimate of drug-likeness (QED) is 0.590. The Morgan fingerprint density at radius 1 is 1.31 bits per heavy atom. The van der Waals surface area contributed by atoms with E-state index in [2.05, 4.69) is 9.97 Å². The first-order valence-corrected chi connectivity index (χ1v) is 4.54. The number of hydrogen-bond donors (Lipinski definition) is 1. The molecule has 0 radical (unpaired) electrons. The third kappa shape index (κ3) is 0.905. The van der Waals surface area contributed by atoms with Crippen LogP contribution in [0, 0.1) is 0 Å². The smallest absolute Gasteiger partial charge is 0.181 e. The minimum absolute atomic E-state index is 0.572. The summed E-state index contributed by atoms with van der Waals surface area (Å²) in [4.78, 5) is 8.20. The lowest BCUT2D eigenvalue weighted by molar-refractivity contribution is 0.602. The van der Waals surface area contributed by atoms with Gasteiger partial charge < -0.3 is 10.2 Å². The molecule has 0 aliphatic carbocycles. The maximum Gasteiger partial charge on any atom is 0.181 e. The minimum atomic E-state index is 0.572. The van der Waals surface area contributed by atoms with Crippen molar-refractivity contribution in [2.45, 2.75) is 0 Å². The molecular weight excluding hydrogens is 186 g/mol. The van der Waals surface area contributed by atoms with Crippen molar-refractivity contribution < 1.29 is 4.42 Å². The standard InChI is InChI=1S/C8H5N3OS/c9-8-11-5-1-6-4(10-3-12-6)2-7(5)13-8/h1-3H,(H2,9,11). The van der Waals surface area contributed by atoms with Crippen LogP contribution in [0.15, 0.2) is 22.9 Å². The Balaban J connectivity index is 2.54. The molecular formula is C8H5N3OS. The zero-order valence-corrected chi connectivity index (χ0v) is 7.34. The topological polar surface area (TPSA) is 64.9 Å². The van der Waals surface area contributed by atoms with E-state index in [-0.39, 0.29) is 0 Å². The van der Waals surface area contributed by atoms with E-state index in [9.17, 15) is 0 Å². The third-order valence-electron chi connectivity index (χ3n) is 1.86. The molecule has 0 amide bonds. The lowest BCUT2D eigenvalue weighted by Crippen LogP contribution is -1.78. The Morgan fingerprint density at radius 3 is 3.15 bits per heavy atom. The van der Waals surface area contributed by atoms with E-state index in [4.69, 9.17) is 10.2 Å². The second-order valence-electron chi connectivity index (χ2n) is 2.69. The van der Waals surface area contributed by atoms with Crippen LogP contribution in [0.2, 0.25) is 0 Å². The Hall–Kier alpha value is -1.62. The largest absolute Gasteiger partial charge is 0.443 e. The van der Waals surface area contributed by atoms with Gasteiger partial charge in [-0.3, -0.25) is 0 Å². The Morgan fingerprint density at radius 2 is 2.23 bits per heavy atom. The summed E-state index contributed by atoms with van der Waals surface area (Å²) >= 11 is 1.46. The summed E-state index contributed by atoms with van der Waals surface area (Å²) in [5.74, 6) is 0. The fourth-order valence-electron chi connectivity index (χ4n) is 1.30. The molecule has 64 valence electrons. The second-order valence-corrected chi connectivity index (χ2v) is 3.75. The predicted octanol–water partition coefficient (Wildman–Crippen LogP) is 2.02. The highest BCUT2D eigenvalue weighted by Crippen LogP contribution is 2.27. The number of anilines is 1. The van der Waals surface area contributed by atoms with Gasteiger partial charge in [-0.25, -0.2) is 9.97 Å². The molecule has 0 aliphatic rings. The first-order valence-electron chi connectivity index (χ1n) is 3.72. The molecule has 4 nitrogen and oxygen atoms in total. The van der Waals surface area contributed by atoms with Gasteiger partial charge in [0.25, 0.3) is 0 Å². The van der Waals surface area contributed by atoms with Crippen molar-refractivity contribution in [2.75, 3.05) is 5.73 Å². The highest BCUT2D eigenvalue weighted by atomic mass is 32.1. The summed E-state index contributed by atoms with van der Waals surface area (Å²) in [6.45, 7) is 0. The third-order valence-corrected chi connectivity index (χ3v) is 2.70. The molecule has 5 heteroatoms. The van der Waals surface area contributed by atoms with Crippen molar-refractivity contribution in [3.63, 3.8) is 0 Å². The van der Waals surface area contributed by atoms with Gasteiger partial charge in [-0.15, -0.1) is 0 Å². The lowest BCUT2D eigenvalue weighted by atomic mass is 10.3. The van der Waals surface area contributed by atoms with Crippen LogP contribution in [0.3, 0.4) is 0 Å². The first kappa shape index (κ1) is 6.85. The monoisotopic (exact) mass is 191 g/mol. The minimum Gasteiger partial charge on any atom is -0.443 e. The predicted molar refractivity (Wildman–Crippen MR) is 51.6 cm³/mol. The molecule has 3 aromatic rings. The van der Waals surface area contributed by atoms with Crippen LogP contribution in [0.5, 0.6) is 0 Å². The van der Waals surface area contributed by atoms with Gasteiger partial charge in [0, 0.05) is 6.07 Å². The van der Waals surface area contributed by atoms with E-state index in [1.807, 2.05) is 12.1 Å². The molecule has 1 aromatic carbocycles. The van der Waals surface area contributed by atoms with Crippen LogP contribution in [0.25, 0.3) is 21.3 Å². The molecule has 2 N–H and O–H groups in total. The van der Waals surface area contributed by atoms with E-state index in [1.54, 1.807) is 0 Å². The number of aromatic nitrogens is 2. The summed E-state index contributed by atoms with van der Waals surface area (Å²) in [6, 6.07) is 3.78. The maximum absolute atomic E-state index is 5.58. The Kier molecular flexibility index (Phi) is 1.16. The number of oxazole rings is 1. The molecule has 0 saturated carbocycles. The summed E-state index contributed by atoms with van der Waals surface area (Å²) in [6.07, 6.45) is 1.43. The number of fused-ring (bicyclic) bond motifs is 2. The van der Waals surface area contributed by atoms with Crippen molar-refractivity contribution in [1.29, 1.82) is 0 Å². The van der Waals surface area contributed by atoms with Gasteiger partial charge in [0.1, 0.15) is 5.52 Å². The van der Waals surface area contributed by atoms with Gasteiger partial charge in [-0.2, -0.15) is 0 Å². The molecule has 2 heterocycles. The number of hydrogen-bond acceptors (Lipinski definition) is 5. The van der Waals surface area contributed by atoms with Crippen LogP contribution in [-0.4, -0.2) is 9.97 Å². The molecule has 0 bridgehead atoms. The summed E-state index contributed by atoms with van der Waals surface area (Å²) in [7, 11) is 0. The van der Waals surface area contributed by atoms with E-state index >= 15 is 0 Å². The van der Waals surface area contributed by atoms with Crippen LogP contribution in [0.4, 0.5) is 5.13 Å². The maximum atomic E-state index is 5.58. The van der Waals surface area contributed by atoms with Crippen molar-refractivity contribution in [1.82, 2.24) is 9.97 Å². The first-order chi connectivity index (χ1) is 6.33. The van der Waals surface area contributed by atoms with Gasteiger partial charge in [-0.1, -0.05) is 11.3 Å².